The molecule has 2 aromatic rings. The summed E-state index contributed by atoms with van der Waals surface area (Å²) < 4.78 is 27.8. The third kappa shape index (κ3) is 6.36. The van der Waals surface area contributed by atoms with E-state index in [1.54, 1.807) is 12.1 Å². The van der Waals surface area contributed by atoms with Gasteiger partial charge in [0.25, 0.3) is 5.91 Å². The summed E-state index contributed by atoms with van der Waals surface area (Å²) in [6.45, 7) is 4.57. The number of amides is 1. The summed E-state index contributed by atoms with van der Waals surface area (Å²) >= 11 is 18.0. The van der Waals surface area contributed by atoms with Crippen molar-refractivity contribution in [1.29, 1.82) is 0 Å². The second-order valence-electron chi connectivity index (χ2n) is 6.64. The molecule has 152 valence electrons. The highest BCUT2D eigenvalue weighted by Crippen LogP contribution is 2.25. The van der Waals surface area contributed by atoms with Crippen molar-refractivity contribution < 1.29 is 13.2 Å². The van der Waals surface area contributed by atoms with Gasteiger partial charge in [0.15, 0.2) is 0 Å². The Hall–Kier alpha value is -1.31. The predicted molar refractivity (Wildman–Crippen MR) is 114 cm³/mol. The molecule has 0 atom stereocenters. The predicted octanol–water partition coefficient (Wildman–Crippen LogP) is 4.90. The average Bonchev–Trinajstić information content (AvgIpc) is 2.60. The monoisotopic (exact) mass is 462 g/mol. The molecule has 2 rings (SSSR count). The molecule has 0 aliphatic rings. The number of sulfonamides is 1. The summed E-state index contributed by atoms with van der Waals surface area (Å²) in [7, 11) is -3.96. The van der Waals surface area contributed by atoms with Crippen molar-refractivity contribution in [2.24, 2.45) is 5.92 Å². The van der Waals surface area contributed by atoms with E-state index in [0.717, 1.165) is 6.42 Å². The second-order valence-corrected chi connectivity index (χ2v) is 9.63. The Balaban J connectivity index is 2.16. The summed E-state index contributed by atoms with van der Waals surface area (Å²) in [5.74, 6) is 0.0971. The molecule has 0 spiro atoms. The first kappa shape index (κ1) is 23.0. The number of rotatable bonds is 8. The SMILES string of the molecule is CC(C)CCNC(=O)c1ccc(Cl)c(S(=O)(=O)NCc2ccc(Cl)cc2Cl)c1. The molecule has 2 aromatic carbocycles. The van der Waals surface area contributed by atoms with Gasteiger partial charge in [0.05, 0.1) is 5.02 Å². The maximum atomic E-state index is 12.7. The van der Waals surface area contributed by atoms with Gasteiger partial charge < -0.3 is 5.32 Å². The molecular formula is C19H21Cl3N2O3S. The van der Waals surface area contributed by atoms with Crippen LogP contribution in [0.1, 0.15) is 36.2 Å². The van der Waals surface area contributed by atoms with Crippen LogP contribution in [0.25, 0.3) is 0 Å². The van der Waals surface area contributed by atoms with Crippen molar-refractivity contribution >= 4 is 50.7 Å². The lowest BCUT2D eigenvalue weighted by atomic mass is 10.1. The van der Waals surface area contributed by atoms with E-state index < -0.39 is 10.0 Å². The first-order valence-corrected chi connectivity index (χ1v) is 11.2. The number of benzene rings is 2. The van der Waals surface area contributed by atoms with Gasteiger partial charge >= 0.3 is 0 Å². The number of hydrogen-bond acceptors (Lipinski definition) is 3. The first-order chi connectivity index (χ1) is 13.1. The third-order valence-corrected chi connectivity index (χ3v) is 6.43. The van der Waals surface area contributed by atoms with E-state index in [2.05, 4.69) is 23.9 Å². The smallest absolute Gasteiger partial charge is 0.251 e. The Morgan fingerprint density at radius 1 is 1.04 bits per heavy atom. The van der Waals surface area contributed by atoms with E-state index in [-0.39, 0.29) is 27.9 Å². The maximum absolute atomic E-state index is 12.7. The van der Waals surface area contributed by atoms with E-state index in [1.807, 2.05) is 0 Å². The van der Waals surface area contributed by atoms with E-state index >= 15 is 0 Å². The van der Waals surface area contributed by atoms with E-state index in [4.69, 9.17) is 34.8 Å². The maximum Gasteiger partial charge on any atom is 0.251 e. The van der Waals surface area contributed by atoms with Crippen molar-refractivity contribution in [3.63, 3.8) is 0 Å². The largest absolute Gasteiger partial charge is 0.352 e. The van der Waals surface area contributed by atoms with Crippen LogP contribution in [0, 0.1) is 5.92 Å². The summed E-state index contributed by atoms with van der Waals surface area (Å²) in [6.07, 6.45) is 0.827. The van der Waals surface area contributed by atoms with Crippen molar-refractivity contribution in [1.82, 2.24) is 10.0 Å². The lowest BCUT2D eigenvalue weighted by Crippen LogP contribution is -2.27. The lowest BCUT2D eigenvalue weighted by molar-refractivity contribution is 0.0952. The zero-order valence-electron chi connectivity index (χ0n) is 15.4. The molecule has 0 bridgehead atoms. The van der Waals surface area contributed by atoms with Gasteiger partial charge in [0.2, 0.25) is 10.0 Å². The Kier molecular flexibility index (Phi) is 8.16. The molecule has 0 aliphatic carbocycles. The van der Waals surface area contributed by atoms with E-state index in [9.17, 15) is 13.2 Å². The normalized spacial score (nSPS) is 11.6. The van der Waals surface area contributed by atoms with Crippen LogP contribution in [0.15, 0.2) is 41.3 Å². The Morgan fingerprint density at radius 3 is 2.39 bits per heavy atom. The second kappa shape index (κ2) is 9.94. The van der Waals surface area contributed by atoms with Crippen molar-refractivity contribution in [2.75, 3.05) is 6.54 Å². The van der Waals surface area contributed by atoms with Crippen LogP contribution < -0.4 is 10.0 Å². The van der Waals surface area contributed by atoms with Crippen molar-refractivity contribution in [3.8, 4) is 0 Å². The van der Waals surface area contributed by atoms with Crippen molar-refractivity contribution in [3.05, 3.63) is 62.6 Å². The Bertz CT molecular complexity index is 963. The molecule has 5 nitrogen and oxygen atoms in total. The molecule has 0 saturated heterocycles. The molecule has 0 aliphatic heterocycles. The molecule has 9 heteroatoms. The van der Waals surface area contributed by atoms with Crippen molar-refractivity contribution in [2.45, 2.75) is 31.7 Å². The van der Waals surface area contributed by atoms with Crippen LogP contribution >= 0.6 is 34.8 Å². The fraction of sp³-hybridized carbons (Fsp3) is 0.316. The zero-order chi connectivity index (χ0) is 20.9. The van der Waals surface area contributed by atoms with Crippen LogP contribution in [-0.2, 0) is 16.6 Å². The highest BCUT2D eigenvalue weighted by Gasteiger charge is 2.20. The minimum atomic E-state index is -3.96. The van der Waals surface area contributed by atoms with Gasteiger partial charge in [-0.05, 0) is 48.2 Å². The van der Waals surface area contributed by atoms with E-state index in [1.165, 1.54) is 24.3 Å². The highest BCUT2D eigenvalue weighted by molar-refractivity contribution is 7.89. The standard InChI is InChI=1S/C19H21Cl3N2O3S/c1-12(2)7-8-23-19(25)13-4-6-16(21)18(9-13)28(26,27)24-11-14-3-5-15(20)10-17(14)22/h3-6,9-10,12,24H,7-8,11H2,1-2H3,(H,23,25). The summed E-state index contributed by atoms with van der Waals surface area (Å²) in [6, 6.07) is 8.92. The summed E-state index contributed by atoms with van der Waals surface area (Å²) in [4.78, 5) is 12.1. The van der Waals surface area contributed by atoms with Gasteiger partial charge in [0.1, 0.15) is 4.90 Å². The first-order valence-electron chi connectivity index (χ1n) is 8.61. The topological polar surface area (TPSA) is 75.3 Å². The quantitative estimate of drug-likeness (QED) is 0.584. The fourth-order valence-corrected chi connectivity index (χ4v) is 4.35. The molecule has 0 aromatic heterocycles. The lowest BCUT2D eigenvalue weighted by Gasteiger charge is -2.12. The van der Waals surface area contributed by atoms with Crippen LogP contribution in [0.5, 0.6) is 0 Å². The van der Waals surface area contributed by atoms with Crippen LogP contribution in [0.4, 0.5) is 0 Å². The van der Waals surface area contributed by atoms with Crippen LogP contribution in [0.2, 0.25) is 15.1 Å². The summed E-state index contributed by atoms with van der Waals surface area (Å²) in [5.41, 5.74) is 0.784. The van der Waals surface area contributed by atoms with Gasteiger partial charge in [-0.3, -0.25) is 4.79 Å². The van der Waals surface area contributed by atoms with Crippen LogP contribution in [-0.4, -0.2) is 20.9 Å². The molecule has 0 heterocycles. The number of hydrogen-bond donors (Lipinski definition) is 2. The molecule has 1 amide bonds. The Morgan fingerprint density at radius 2 is 1.75 bits per heavy atom. The number of carbonyl (C=O) groups excluding carboxylic acids is 1. The van der Waals surface area contributed by atoms with Gasteiger partial charge in [-0.25, -0.2) is 13.1 Å². The minimum absolute atomic E-state index is 0.0217. The van der Waals surface area contributed by atoms with Gasteiger partial charge in [-0.2, -0.15) is 0 Å². The van der Waals surface area contributed by atoms with Gasteiger partial charge in [0, 0.05) is 28.7 Å². The number of nitrogens with one attached hydrogen (secondary N) is 2. The van der Waals surface area contributed by atoms with Crippen LogP contribution in [0.3, 0.4) is 0 Å². The number of carbonyl (C=O) groups is 1. The fourth-order valence-electron chi connectivity index (χ4n) is 2.34. The zero-order valence-corrected chi connectivity index (χ0v) is 18.5. The van der Waals surface area contributed by atoms with E-state index in [0.29, 0.717) is 28.1 Å². The Labute approximate surface area is 180 Å². The molecule has 0 radical (unpaired) electrons. The average molecular weight is 464 g/mol. The molecular weight excluding hydrogens is 443 g/mol. The molecule has 0 fully saturated rings. The molecule has 0 saturated carbocycles. The molecule has 2 N–H and O–H groups in total. The highest BCUT2D eigenvalue weighted by atomic mass is 35.5. The van der Waals surface area contributed by atoms with Gasteiger partial charge in [-0.15, -0.1) is 0 Å². The molecule has 0 unspecified atom stereocenters. The van der Waals surface area contributed by atoms with Gasteiger partial charge in [-0.1, -0.05) is 54.7 Å². The third-order valence-electron chi connectivity index (χ3n) is 3.96. The minimum Gasteiger partial charge on any atom is -0.352 e. The summed E-state index contributed by atoms with van der Waals surface area (Å²) in [5, 5.41) is 3.59. The molecule has 28 heavy (non-hydrogen) atoms. The number of halogens is 3.